The van der Waals surface area contributed by atoms with Crippen LogP contribution in [0.5, 0.6) is 0 Å². The summed E-state index contributed by atoms with van der Waals surface area (Å²) in [6, 6.07) is 5.60. The van der Waals surface area contributed by atoms with E-state index < -0.39 is 22.5 Å². The number of alkyl carbamates (subject to hydrolysis) is 1. The lowest BCUT2D eigenvalue weighted by Crippen LogP contribution is -2.46. The Balaban J connectivity index is 1.78. The lowest BCUT2D eigenvalue weighted by Gasteiger charge is -2.48. The first-order chi connectivity index (χ1) is 16.0. The van der Waals surface area contributed by atoms with Gasteiger partial charge in [0.15, 0.2) is 0 Å². The van der Waals surface area contributed by atoms with Crippen LogP contribution in [0, 0.1) is 6.92 Å². The Labute approximate surface area is 203 Å². The summed E-state index contributed by atoms with van der Waals surface area (Å²) >= 11 is 0. The monoisotopic (exact) mass is 492 g/mol. The van der Waals surface area contributed by atoms with Crippen LogP contribution < -0.4 is 5.32 Å². The summed E-state index contributed by atoms with van der Waals surface area (Å²) in [4.78, 5) is 31.5. The van der Waals surface area contributed by atoms with Gasteiger partial charge in [0.25, 0.3) is 0 Å². The molecule has 10 heteroatoms. The molecule has 1 aromatic carbocycles. The molecule has 2 unspecified atom stereocenters. The number of rotatable bonds is 5. The number of benzene rings is 1. The molecular weight excluding hydrogens is 456 g/mol. The summed E-state index contributed by atoms with van der Waals surface area (Å²) in [5.41, 5.74) is 0.331. The van der Waals surface area contributed by atoms with Crippen molar-refractivity contribution in [3.63, 3.8) is 0 Å². The number of carbonyl (C=O) groups is 2. The highest BCUT2D eigenvalue weighted by atomic mass is 32.3. The summed E-state index contributed by atoms with van der Waals surface area (Å²) in [5, 5.41) is 4.41. The third kappa shape index (κ3) is 5.80. The Morgan fingerprint density at radius 3 is 2.68 bits per heavy atom. The maximum absolute atomic E-state index is 12.8. The molecule has 34 heavy (non-hydrogen) atoms. The number of ether oxygens (including phenoxy) is 1. The number of aryl methyl sites for hydroxylation is 1. The number of hydrogen-bond donors (Lipinski definition) is 2. The molecule has 1 aliphatic heterocycles. The third-order valence-corrected chi connectivity index (χ3v) is 8.25. The van der Waals surface area contributed by atoms with E-state index in [1.807, 2.05) is 36.4 Å². The molecular formula is C24H36N4O5S. The zero-order valence-electron chi connectivity index (χ0n) is 20.8. The largest absolute Gasteiger partial charge is 0.444 e. The van der Waals surface area contributed by atoms with Crippen LogP contribution in [-0.2, 0) is 13.7 Å². The van der Waals surface area contributed by atoms with Crippen LogP contribution in [0.2, 0.25) is 0 Å². The van der Waals surface area contributed by atoms with Crippen molar-refractivity contribution < 1.29 is 23.1 Å². The smallest absolute Gasteiger partial charge is 0.408 e. The highest BCUT2D eigenvalue weighted by molar-refractivity contribution is 8.23. The molecule has 2 amide bonds. The first kappa shape index (κ1) is 26.2. The lowest BCUT2D eigenvalue weighted by atomic mass is 10.1. The Morgan fingerprint density at radius 2 is 2.00 bits per heavy atom. The van der Waals surface area contributed by atoms with Gasteiger partial charge >= 0.3 is 6.09 Å². The highest BCUT2D eigenvalue weighted by Gasteiger charge is 2.36. The number of carbonyl (C=O) groups excluding carboxylic acids is 2. The van der Waals surface area contributed by atoms with E-state index in [1.54, 1.807) is 38.1 Å². The van der Waals surface area contributed by atoms with E-state index in [0.29, 0.717) is 26.1 Å². The van der Waals surface area contributed by atoms with Crippen LogP contribution in [-0.4, -0.2) is 75.7 Å². The fraction of sp³-hybridized carbons (Fsp3) is 0.542. The standard InChI is InChI=1S/C24H36N4O5S/c1-17-13-25-14-19-9-7-10-20(22(17)19)34(31,32-6)28-12-8-11-27(16-18(28)2)21(29)15-26-23(30)33-24(3,4)5/h7,9-10,13-14,18,31H,8,11-12,15-16H2,1-6H3,(H,26,30). The fourth-order valence-electron chi connectivity index (χ4n) is 4.21. The minimum atomic E-state index is -2.80. The van der Waals surface area contributed by atoms with E-state index >= 15 is 0 Å². The molecule has 1 fully saturated rings. The average Bonchev–Trinajstić information content (AvgIpc) is 2.97. The van der Waals surface area contributed by atoms with Gasteiger partial charge in [0, 0.05) is 48.8 Å². The van der Waals surface area contributed by atoms with Gasteiger partial charge in [0.05, 0.1) is 12.0 Å². The molecule has 0 aliphatic carbocycles. The van der Waals surface area contributed by atoms with Gasteiger partial charge in [-0.05, 0) is 52.7 Å². The van der Waals surface area contributed by atoms with Crippen molar-refractivity contribution >= 4 is 33.5 Å². The van der Waals surface area contributed by atoms with Gasteiger partial charge in [-0.15, -0.1) is 10.8 Å². The highest BCUT2D eigenvalue weighted by Crippen LogP contribution is 2.59. The molecule has 1 aromatic heterocycles. The minimum Gasteiger partial charge on any atom is -0.444 e. The SMILES string of the molecule is COS(O)(c1cccc2cncc(C)c12)N1CCCN(C(=O)CNC(=O)OC(C)(C)C)CC1C. The summed E-state index contributed by atoms with van der Waals surface area (Å²) < 4.78 is 25.0. The first-order valence-electron chi connectivity index (χ1n) is 11.4. The minimum absolute atomic E-state index is 0.140. The number of pyridine rings is 1. The second-order valence-electron chi connectivity index (χ2n) is 9.51. The van der Waals surface area contributed by atoms with Crippen molar-refractivity contribution in [2.24, 2.45) is 0 Å². The predicted octanol–water partition coefficient (Wildman–Crippen LogP) is 4.10. The van der Waals surface area contributed by atoms with Crippen LogP contribution in [0.1, 0.15) is 39.7 Å². The molecule has 0 radical (unpaired) electrons. The zero-order chi connectivity index (χ0) is 25.1. The fourth-order valence-corrected chi connectivity index (χ4v) is 6.57. The Bertz CT molecular complexity index is 1040. The van der Waals surface area contributed by atoms with E-state index in [4.69, 9.17) is 8.92 Å². The van der Waals surface area contributed by atoms with Gasteiger partial charge in [-0.2, -0.15) is 4.31 Å². The maximum atomic E-state index is 12.8. The lowest BCUT2D eigenvalue weighted by molar-refractivity contribution is -0.130. The van der Waals surface area contributed by atoms with Crippen LogP contribution in [0.25, 0.3) is 10.8 Å². The molecule has 188 valence electrons. The van der Waals surface area contributed by atoms with Gasteiger partial charge in [0.2, 0.25) is 5.91 Å². The number of fused-ring (bicyclic) bond motifs is 1. The van der Waals surface area contributed by atoms with Gasteiger partial charge in [-0.3, -0.25) is 18.5 Å². The molecule has 0 spiro atoms. The van der Waals surface area contributed by atoms with Crippen molar-refractivity contribution in [3.8, 4) is 0 Å². The Hall–Kier alpha value is -2.40. The van der Waals surface area contributed by atoms with Gasteiger partial charge in [-0.1, -0.05) is 12.1 Å². The molecule has 0 saturated carbocycles. The molecule has 2 aromatic rings. The topological polar surface area (TPSA) is 104 Å². The zero-order valence-corrected chi connectivity index (χ0v) is 21.6. The molecule has 1 aliphatic rings. The van der Waals surface area contributed by atoms with Crippen LogP contribution >= 0.6 is 10.8 Å². The molecule has 3 rings (SSSR count). The second-order valence-corrected chi connectivity index (χ2v) is 11.7. The first-order valence-corrected chi connectivity index (χ1v) is 12.9. The van der Waals surface area contributed by atoms with Crippen molar-refractivity contribution in [1.82, 2.24) is 19.5 Å². The van der Waals surface area contributed by atoms with Crippen LogP contribution in [0.3, 0.4) is 0 Å². The molecule has 2 N–H and O–H groups in total. The number of amides is 2. The number of aromatic nitrogens is 1. The summed E-state index contributed by atoms with van der Waals surface area (Å²) in [5.74, 6) is -0.192. The summed E-state index contributed by atoms with van der Waals surface area (Å²) in [6.07, 6.45) is 3.60. The maximum Gasteiger partial charge on any atom is 0.408 e. The second kappa shape index (κ2) is 10.5. The van der Waals surface area contributed by atoms with Crippen LogP contribution in [0.4, 0.5) is 4.79 Å². The quantitative estimate of drug-likeness (QED) is 0.647. The van der Waals surface area contributed by atoms with E-state index in [-0.39, 0.29) is 18.5 Å². The molecule has 2 heterocycles. The van der Waals surface area contributed by atoms with Crippen LogP contribution in [0.15, 0.2) is 35.5 Å². The van der Waals surface area contributed by atoms with Gasteiger partial charge in [-0.25, -0.2) is 4.79 Å². The van der Waals surface area contributed by atoms with E-state index in [0.717, 1.165) is 21.2 Å². The molecule has 1 saturated heterocycles. The molecule has 0 bridgehead atoms. The van der Waals surface area contributed by atoms with Gasteiger partial charge < -0.3 is 15.0 Å². The average molecular weight is 493 g/mol. The Morgan fingerprint density at radius 1 is 1.26 bits per heavy atom. The van der Waals surface area contributed by atoms with Crippen molar-refractivity contribution in [1.29, 1.82) is 0 Å². The normalized spacial score (nSPS) is 20.3. The summed E-state index contributed by atoms with van der Waals surface area (Å²) in [6.45, 7) is 10.6. The third-order valence-electron chi connectivity index (χ3n) is 5.69. The van der Waals surface area contributed by atoms with Gasteiger partial charge in [0.1, 0.15) is 12.1 Å². The summed E-state index contributed by atoms with van der Waals surface area (Å²) in [7, 11) is -1.27. The Kier molecular flexibility index (Phi) is 8.07. The van der Waals surface area contributed by atoms with Crippen molar-refractivity contribution in [2.75, 3.05) is 33.3 Å². The van der Waals surface area contributed by atoms with E-state index in [9.17, 15) is 14.1 Å². The number of nitrogens with one attached hydrogen (secondary N) is 1. The van der Waals surface area contributed by atoms with Crippen molar-refractivity contribution in [2.45, 2.75) is 57.6 Å². The predicted molar refractivity (Wildman–Crippen MR) is 134 cm³/mol. The van der Waals surface area contributed by atoms with E-state index in [2.05, 4.69) is 10.3 Å². The molecule has 2 atom stereocenters. The van der Waals surface area contributed by atoms with Crippen molar-refractivity contribution in [3.05, 3.63) is 36.2 Å². The number of hydrogen-bond acceptors (Lipinski definition) is 7. The molecule has 9 nitrogen and oxygen atoms in total. The number of nitrogens with zero attached hydrogens (tertiary/aromatic N) is 3. The van der Waals surface area contributed by atoms with E-state index in [1.165, 1.54) is 7.11 Å².